The van der Waals surface area contributed by atoms with Crippen LogP contribution in [0.5, 0.6) is 23.0 Å². The number of aryl methyl sites for hydroxylation is 1. The van der Waals surface area contributed by atoms with Crippen LogP contribution in [-0.4, -0.2) is 37.0 Å². The predicted octanol–water partition coefficient (Wildman–Crippen LogP) is 4.04. The van der Waals surface area contributed by atoms with Crippen molar-refractivity contribution < 1.29 is 32.9 Å². The molecule has 0 bridgehead atoms. The Hall–Kier alpha value is -3.52. The van der Waals surface area contributed by atoms with E-state index in [-0.39, 0.29) is 34.3 Å². The van der Waals surface area contributed by atoms with E-state index in [4.69, 9.17) is 9.47 Å². The summed E-state index contributed by atoms with van der Waals surface area (Å²) in [7, 11) is -3.59. The van der Waals surface area contributed by atoms with E-state index in [0.29, 0.717) is 11.3 Å². The fourth-order valence-electron chi connectivity index (χ4n) is 2.82. The predicted molar refractivity (Wildman–Crippen MR) is 110 cm³/mol. The Morgan fingerprint density at radius 2 is 1.63 bits per heavy atom. The largest absolute Gasteiger partial charge is 0.504 e. The van der Waals surface area contributed by atoms with E-state index in [0.717, 1.165) is 0 Å². The number of hydrogen-bond acceptors (Lipinski definition) is 6. The Morgan fingerprint density at radius 3 is 2.30 bits per heavy atom. The van der Waals surface area contributed by atoms with Gasteiger partial charge in [0.05, 0.1) is 10.6 Å². The van der Waals surface area contributed by atoms with Crippen molar-refractivity contribution in [1.82, 2.24) is 0 Å². The highest BCUT2D eigenvalue weighted by molar-refractivity contribution is 7.91. The molecule has 3 aromatic carbocycles. The van der Waals surface area contributed by atoms with Gasteiger partial charge in [-0.2, -0.15) is 0 Å². The lowest BCUT2D eigenvalue weighted by atomic mass is 10.1. The van der Waals surface area contributed by atoms with E-state index in [1.54, 1.807) is 55.5 Å². The van der Waals surface area contributed by atoms with Crippen molar-refractivity contribution in [2.45, 2.75) is 11.8 Å². The van der Waals surface area contributed by atoms with Gasteiger partial charge in [0, 0.05) is 0 Å². The van der Waals surface area contributed by atoms with Crippen molar-refractivity contribution in [1.29, 1.82) is 0 Å². The normalized spacial score (nSPS) is 11.1. The highest BCUT2D eigenvalue weighted by atomic mass is 32.2. The summed E-state index contributed by atoms with van der Waals surface area (Å²) in [5.74, 6) is -2.06. The zero-order valence-electron chi connectivity index (χ0n) is 16.1. The fraction of sp³-hybridized carbons (Fsp3) is 0.136. The molecular weight excluding hydrogens is 408 g/mol. The van der Waals surface area contributed by atoms with Crippen molar-refractivity contribution in [3.8, 4) is 23.0 Å². The van der Waals surface area contributed by atoms with E-state index >= 15 is 0 Å². The lowest BCUT2D eigenvalue weighted by molar-refractivity contribution is 0.0693. The number of rotatable bonds is 8. The van der Waals surface area contributed by atoms with Crippen LogP contribution in [0.1, 0.15) is 15.9 Å². The summed E-state index contributed by atoms with van der Waals surface area (Å²) in [5.41, 5.74) is 0.273. The summed E-state index contributed by atoms with van der Waals surface area (Å²) in [4.78, 5) is 11.6. The molecule has 156 valence electrons. The lowest BCUT2D eigenvalue weighted by Gasteiger charge is -2.15. The van der Waals surface area contributed by atoms with Crippen LogP contribution in [0.25, 0.3) is 0 Å². The summed E-state index contributed by atoms with van der Waals surface area (Å²) in [6.45, 7) is 1.50. The maximum Gasteiger partial charge on any atom is 0.339 e. The van der Waals surface area contributed by atoms with Crippen molar-refractivity contribution in [3.63, 3.8) is 0 Å². The standard InChI is InChI=1S/C22H20O7S/c1-15-7-5-6-10-19(15)30(26,27)14-13-28-18-12-11-17(22(24)25)20(23)21(18)29-16-8-3-2-4-9-16/h2-12,23H,13-14H2,1H3,(H,24,25). The van der Waals surface area contributed by atoms with E-state index in [1.807, 2.05) is 0 Å². The maximum atomic E-state index is 12.6. The molecule has 7 nitrogen and oxygen atoms in total. The van der Waals surface area contributed by atoms with Crippen LogP contribution in [0.4, 0.5) is 0 Å². The Morgan fingerprint density at radius 1 is 0.967 bits per heavy atom. The zero-order chi connectivity index (χ0) is 21.7. The third kappa shape index (κ3) is 4.72. The molecule has 0 aromatic heterocycles. The first kappa shape index (κ1) is 21.2. The molecule has 0 atom stereocenters. The van der Waals surface area contributed by atoms with Crippen LogP contribution in [0, 0.1) is 6.92 Å². The molecule has 0 spiro atoms. The van der Waals surface area contributed by atoms with Gasteiger partial charge in [0.15, 0.2) is 21.3 Å². The van der Waals surface area contributed by atoms with Gasteiger partial charge in [-0.15, -0.1) is 0 Å². The van der Waals surface area contributed by atoms with Gasteiger partial charge in [-0.1, -0.05) is 36.4 Å². The second kappa shape index (κ2) is 8.87. The highest BCUT2D eigenvalue weighted by Crippen LogP contribution is 2.42. The number of carboxylic acids is 1. The van der Waals surface area contributed by atoms with Crippen LogP contribution in [0.2, 0.25) is 0 Å². The van der Waals surface area contributed by atoms with Crippen LogP contribution < -0.4 is 9.47 Å². The topological polar surface area (TPSA) is 110 Å². The summed E-state index contributed by atoms with van der Waals surface area (Å²) in [5, 5.41) is 19.6. The van der Waals surface area contributed by atoms with Gasteiger partial charge in [0.25, 0.3) is 0 Å². The fourth-order valence-corrected chi connectivity index (χ4v) is 4.19. The average molecular weight is 428 g/mol. The molecular formula is C22H20O7S. The molecule has 0 aliphatic rings. The van der Waals surface area contributed by atoms with Crippen molar-refractivity contribution >= 4 is 15.8 Å². The molecule has 0 saturated heterocycles. The second-order valence-electron chi connectivity index (χ2n) is 6.44. The van der Waals surface area contributed by atoms with Crippen LogP contribution in [0.15, 0.2) is 71.6 Å². The molecule has 3 aromatic rings. The van der Waals surface area contributed by atoms with Gasteiger partial charge in [-0.05, 0) is 42.8 Å². The molecule has 0 fully saturated rings. The summed E-state index contributed by atoms with van der Waals surface area (Å²) in [6.07, 6.45) is 0. The van der Waals surface area contributed by atoms with Gasteiger partial charge in [0.1, 0.15) is 17.9 Å². The molecule has 0 heterocycles. The van der Waals surface area contributed by atoms with Crippen LogP contribution in [-0.2, 0) is 9.84 Å². The molecule has 2 N–H and O–H groups in total. The quantitative estimate of drug-likeness (QED) is 0.557. The first-order valence-corrected chi connectivity index (χ1v) is 10.7. The number of aromatic carboxylic acids is 1. The van der Waals surface area contributed by atoms with Gasteiger partial charge >= 0.3 is 5.97 Å². The van der Waals surface area contributed by atoms with Gasteiger partial charge in [0.2, 0.25) is 5.75 Å². The third-order valence-corrected chi connectivity index (χ3v) is 6.16. The molecule has 8 heteroatoms. The number of carbonyl (C=O) groups is 1. The van der Waals surface area contributed by atoms with Crippen LogP contribution >= 0.6 is 0 Å². The average Bonchev–Trinajstić information content (AvgIpc) is 2.71. The van der Waals surface area contributed by atoms with Gasteiger partial charge in [-0.3, -0.25) is 0 Å². The minimum Gasteiger partial charge on any atom is -0.504 e. The number of hydrogen-bond donors (Lipinski definition) is 2. The van der Waals surface area contributed by atoms with Crippen molar-refractivity contribution in [3.05, 3.63) is 77.9 Å². The Bertz CT molecular complexity index is 1160. The summed E-state index contributed by atoms with van der Waals surface area (Å²) >= 11 is 0. The molecule has 0 amide bonds. The lowest BCUT2D eigenvalue weighted by Crippen LogP contribution is -2.15. The molecule has 0 saturated carbocycles. The molecule has 0 aliphatic heterocycles. The summed E-state index contributed by atoms with van der Waals surface area (Å²) in [6, 6.07) is 17.6. The monoisotopic (exact) mass is 428 g/mol. The van der Waals surface area contributed by atoms with Gasteiger partial charge < -0.3 is 19.7 Å². The molecule has 0 radical (unpaired) electrons. The van der Waals surface area contributed by atoms with Crippen LogP contribution in [0.3, 0.4) is 0 Å². The molecule has 0 unspecified atom stereocenters. The van der Waals surface area contributed by atoms with E-state index < -0.39 is 21.6 Å². The molecule has 30 heavy (non-hydrogen) atoms. The SMILES string of the molecule is Cc1ccccc1S(=O)(=O)CCOc1ccc(C(=O)O)c(O)c1Oc1ccccc1. The Kier molecular flexibility index (Phi) is 6.27. The maximum absolute atomic E-state index is 12.6. The number of aromatic hydroxyl groups is 1. The summed E-state index contributed by atoms with van der Waals surface area (Å²) < 4.78 is 36.4. The van der Waals surface area contributed by atoms with E-state index in [2.05, 4.69) is 0 Å². The second-order valence-corrected chi connectivity index (χ2v) is 8.52. The first-order chi connectivity index (χ1) is 14.3. The number of sulfone groups is 1. The highest BCUT2D eigenvalue weighted by Gasteiger charge is 2.22. The molecule has 0 aliphatic carbocycles. The Labute approximate surface area is 174 Å². The number of phenols is 1. The van der Waals surface area contributed by atoms with Gasteiger partial charge in [-0.25, -0.2) is 13.2 Å². The molecule has 3 rings (SSSR count). The zero-order valence-corrected chi connectivity index (χ0v) is 16.9. The number of ether oxygens (including phenoxy) is 2. The van der Waals surface area contributed by atoms with Crippen molar-refractivity contribution in [2.75, 3.05) is 12.4 Å². The van der Waals surface area contributed by atoms with Crippen molar-refractivity contribution in [2.24, 2.45) is 0 Å². The number of carboxylic acid groups (broad SMARTS) is 1. The number of para-hydroxylation sites is 1. The smallest absolute Gasteiger partial charge is 0.339 e. The first-order valence-electron chi connectivity index (χ1n) is 9.03. The Balaban J connectivity index is 1.84. The van der Waals surface area contributed by atoms with E-state index in [9.17, 15) is 23.4 Å². The minimum atomic E-state index is -3.59. The van der Waals surface area contributed by atoms with E-state index in [1.165, 1.54) is 18.2 Å². The number of benzene rings is 3. The third-order valence-electron chi connectivity index (χ3n) is 4.33. The minimum absolute atomic E-state index is 0.0290.